The fourth-order valence-electron chi connectivity index (χ4n) is 1.60. The maximum Gasteiger partial charge on any atom is 0.167 e. The molecule has 1 aromatic carbocycles. The number of aromatic nitrogens is 2. The molecule has 0 saturated heterocycles. The number of halogens is 1. The van der Waals surface area contributed by atoms with E-state index in [2.05, 4.69) is 4.98 Å². The van der Waals surface area contributed by atoms with Crippen molar-refractivity contribution in [3.05, 3.63) is 47.2 Å². The van der Waals surface area contributed by atoms with E-state index in [0.29, 0.717) is 24.0 Å². The van der Waals surface area contributed by atoms with E-state index in [1.54, 1.807) is 6.20 Å². The SMILES string of the molecule is Cn1ccnc1SC[C@H](O)COCc1ccc(Cl)cc1. The van der Waals surface area contributed by atoms with Gasteiger partial charge in [-0.15, -0.1) is 0 Å². The number of rotatable bonds is 7. The van der Waals surface area contributed by atoms with Crippen LogP contribution in [-0.2, 0) is 18.4 Å². The molecule has 1 N–H and O–H groups in total. The van der Waals surface area contributed by atoms with Gasteiger partial charge in [-0.25, -0.2) is 4.98 Å². The van der Waals surface area contributed by atoms with E-state index in [1.165, 1.54) is 11.8 Å². The predicted octanol–water partition coefficient (Wildman–Crippen LogP) is 2.74. The molecule has 1 atom stereocenters. The van der Waals surface area contributed by atoms with Crippen molar-refractivity contribution < 1.29 is 9.84 Å². The van der Waals surface area contributed by atoms with Crippen molar-refractivity contribution in [3.8, 4) is 0 Å². The Balaban J connectivity index is 1.66. The first kappa shape index (κ1) is 15.4. The lowest BCUT2D eigenvalue weighted by molar-refractivity contribution is 0.0398. The van der Waals surface area contributed by atoms with Crippen molar-refractivity contribution >= 4 is 23.4 Å². The van der Waals surface area contributed by atoms with Crippen LogP contribution in [0.25, 0.3) is 0 Å². The van der Waals surface area contributed by atoms with Gasteiger partial charge in [0.05, 0.1) is 19.3 Å². The fraction of sp³-hybridized carbons (Fsp3) is 0.357. The molecule has 0 amide bonds. The molecule has 2 rings (SSSR count). The zero-order valence-electron chi connectivity index (χ0n) is 11.2. The Morgan fingerprint density at radius 3 is 2.80 bits per heavy atom. The van der Waals surface area contributed by atoms with Crippen LogP contribution in [0.4, 0.5) is 0 Å². The van der Waals surface area contributed by atoms with Gasteiger partial charge in [-0.3, -0.25) is 0 Å². The lowest BCUT2D eigenvalue weighted by atomic mass is 10.2. The van der Waals surface area contributed by atoms with Gasteiger partial charge in [-0.1, -0.05) is 35.5 Å². The summed E-state index contributed by atoms with van der Waals surface area (Å²) in [6, 6.07) is 7.48. The van der Waals surface area contributed by atoms with E-state index >= 15 is 0 Å². The van der Waals surface area contributed by atoms with Crippen LogP contribution in [0.3, 0.4) is 0 Å². The van der Waals surface area contributed by atoms with Crippen LogP contribution < -0.4 is 0 Å². The van der Waals surface area contributed by atoms with Crippen LogP contribution in [0, 0.1) is 0 Å². The number of thioether (sulfide) groups is 1. The van der Waals surface area contributed by atoms with Crippen LogP contribution in [0.5, 0.6) is 0 Å². The van der Waals surface area contributed by atoms with Gasteiger partial charge in [0.15, 0.2) is 5.16 Å². The van der Waals surface area contributed by atoms with Gasteiger partial charge in [-0.2, -0.15) is 0 Å². The van der Waals surface area contributed by atoms with Gasteiger partial charge in [0.25, 0.3) is 0 Å². The number of nitrogens with zero attached hydrogens (tertiary/aromatic N) is 2. The lowest BCUT2D eigenvalue weighted by Crippen LogP contribution is -2.18. The predicted molar refractivity (Wildman–Crippen MR) is 81.0 cm³/mol. The molecule has 108 valence electrons. The van der Waals surface area contributed by atoms with Gasteiger partial charge >= 0.3 is 0 Å². The van der Waals surface area contributed by atoms with Crippen molar-refractivity contribution in [1.82, 2.24) is 9.55 Å². The molecule has 4 nitrogen and oxygen atoms in total. The maximum atomic E-state index is 9.86. The molecule has 1 heterocycles. The Morgan fingerprint density at radius 2 is 2.15 bits per heavy atom. The van der Waals surface area contributed by atoms with Crippen molar-refractivity contribution in [3.63, 3.8) is 0 Å². The number of aryl methyl sites for hydroxylation is 1. The van der Waals surface area contributed by atoms with Gasteiger partial charge in [0, 0.05) is 30.2 Å². The molecule has 2 aromatic rings. The summed E-state index contributed by atoms with van der Waals surface area (Å²) in [7, 11) is 1.93. The molecule has 0 spiro atoms. The summed E-state index contributed by atoms with van der Waals surface area (Å²) in [5.74, 6) is 0.561. The van der Waals surface area contributed by atoms with Crippen LogP contribution >= 0.6 is 23.4 Å². The van der Waals surface area contributed by atoms with Crippen molar-refractivity contribution in [2.24, 2.45) is 7.05 Å². The van der Waals surface area contributed by atoms with Crippen LogP contribution in [0.2, 0.25) is 5.02 Å². The van der Waals surface area contributed by atoms with Gasteiger partial charge in [0.1, 0.15) is 0 Å². The molecule has 0 bridgehead atoms. The Morgan fingerprint density at radius 1 is 1.40 bits per heavy atom. The van der Waals surface area contributed by atoms with Crippen LogP contribution in [0.15, 0.2) is 41.8 Å². The zero-order valence-corrected chi connectivity index (χ0v) is 12.8. The first-order chi connectivity index (χ1) is 9.65. The molecule has 0 aliphatic rings. The normalized spacial score (nSPS) is 12.6. The smallest absolute Gasteiger partial charge is 0.167 e. The second-order valence-electron chi connectivity index (χ2n) is 4.43. The molecule has 0 radical (unpaired) electrons. The highest BCUT2D eigenvalue weighted by Crippen LogP contribution is 2.16. The number of aliphatic hydroxyl groups is 1. The minimum Gasteiger partial charge on any atom is -0.390 e. The molecule has 0 fully saturated rings. The number of aliphatic hydroxyl groups excluding tert-OH is 1. The first-order valence-electron chi connectivity index (χ1n) is 6.25. The van der Waals surface area contributed by atoms with Crippen LogP contribution in [-0.4, -0.2) is 33.1 Å². The monoisotopic (exact) mass is 312 g/mol. The standard InChI is InChI=1S/C14H17ClN2O2S/c1-17-7-6-16-14(17)20-10-13(18)9-19-8-11-2-4-12(15)5-3-11/h2-7,13,18H,8-10H2,1H3/t13-/m1/s1. The minimum absolute atomic E-state index is 0.306. The molecule has 6 heteroatoms. The molecule has 0 aliphatic carbocycles. The third kappa shape index (κ3) is 4.83. The number of benzene rings is 1. The summed E-state index contributed by atoms with van der Waals surface area (Å²) >= 11 is 7.32. The Kier molecular flexibility index (Phi) is 5.91. The van der Waals surface area contributed by atoms with E-state index in [4.69, 9.17) is 16.3 Å². The van der Waals surface area contributed by atoms with E-state index in [0.717, 1.165) is 10.7 Å². The average molecular weight is 313 g/mol. The number of imidazole rings is 1. The van der Waals surface area contributed by atoms with E-state index in [1.807, 2.05) is 42.1 Å². The van der Waals surface area contributed by atoms with Gasteiger partial charge in [-0.05, 0) is 17.7 Å². The fourth-order valence-corrected chi connectivity index (χ4v) is 2.57. The molecular formula is C14H17ClN2O2S. The summed E-state index contributed by atoms with van der Waals surface area (Å²) in [5.41, 5.74) is 1.04. The highest BCUT2D eigenvalue weighted by Gasteiger charge is 2.08. The largest absolute Gasteiger partial charge is 0.390 e. The summed E-state index contributed by atoms with van der Waals surface area (Å²) in [4.78, 5) is 4.19. The minimum atomic E-state index is -0.510. The number of ether oxygens (including phenoxy) is 1. The second-order valence-corrected chi connectivity index (χ2v) is 5.85. The third-order valence-corrected chi connectivity index (χ3v) is 4.13. The van der Waals surface area contributed by atoms with E-state index < -0.39 is 6.10 Å². The first-order valence-corrected chi connectivity index (χ1v) is 7.62. The van der Waals surface area contributed by atoms with Gasteiger partial charge < -0.3 is 14.4 Å². The van der Waals surface area contributed by atoms with Crippen molar-refractivity contribution in [2.45, 2.75) is 17.9 Å². The van der Waals surface area contributed by atoms with E-state index in [9.17, 15) is 5.11 Å². The molecular weight excluding hydrogens is 296 g/mol. The molecule has 0 aliphatic heterocycles. The average Bonchev–Trinajstić information content (AvgIpc) is 2.84. The Hall–Kier alpha value is -1.01. The summed E-state index contributed by atoms with van der Waals surface area (Å²) in [6.45, 7) is 0.779. The highest BCUT2D eigenvalue weighted by atomic mass is 35.5. The third-order valence-electron chi connectivity index (χ3n) is 2.67. The summed E-state index contributed by atoms with van der Waals surface area (Å²) in [6.07, 6.45) is 3.11. The maximum absolute atomic E-state index is 9.86. The lowest BCUT2D eigenvalue weighted by Gasteiger charge is -2.11. The molecule has 0 unspecified atom stereocenters. The molecule has 0 saturated carbocycles. The summed E-state index contributed by atoms with van der Waals surface area (Å²) in [5, 5.41) is 11.5. The van der Waals surface area contributed by atoms with Crippen molar-refractivity contribution in [2.75, 3.05) is 12.4 Å². The number of hydrogen-bond donors (Lipinski definition) is 1. The summed E-state index contributed by atoms with van der Waals surface area (Å²) < 4.78 is 7.41. The topological polar surface area (TPSA) is 47.3 Å². The Labute approximate surface area is 127 Å². The van der Waals surface area contributed by atoms with Gasteiger partial charge in [0.2, 0.25) is 0 Å². The quantitative estimate of drug-likeness (QED) is 0.799. The Bertz CT molecular complexity index is 530. The van der Waals surface area contributed by atoms with Crippen molar-refractivity contribution in [1.29, 1.82) is 0 Å². The molecule has 20 heavy (non-hydrogen) atoms. The zero-order chi connectivity index (χ0) is 14.4. The van der Waals surface area contributed by atoms with E-state index in [-0.39, 0.29) is 0 Å². The second kappa shape index (κ2) is 7.69. The van der Waals surface area contributed by atoms with Crippen LogP contribution in [0.1, 0.15) is 5.56 Å². The molecule has 1 aromatic heterocycles. The highest BCUT2D eigenvalue weighted by molar-refractivity contribution is 7.99. The number of hydrogen-bond acceptors (Lipinski definition) is 4.